The Hall–Kier alpha value is -2.24. The highest BCUT2D eigenvalue weighted by Gasteiger charge is 2.18. The second kappa shape index (κ2) is 3.16. The minimum Gasteiger partial charge on any atom is -0.493 e. The minimum atomic E-state index is -1.09. The number of carbonyl (C=O) groups is 1. The van der Waals surface area contributed by atoms with Gasteiger partial charge < -0.3 is 20.1 Å². The second-order valence-corrected chi connectivity index (χ2v) is 2.89. The van der Waals surface area contributed by atoms with Gasteiger partial charge in [0.1, 0.15) is 0 Å². The van der Waals surface area contributed by atoms with Gasteiger partial charge in [0, 0.05) is 0 Å². The van der Waals surface area contributed by atoms with Crippen LogP contribution in [0.4, 0.5) is 5.82 Å². The van der Waals surface area contributed by atoms with E-state index in [4.69, 9.17) is 20.1 Å². The molecule has 15 heavy (non-hydrogen) atoms. The molecule has 0 aliphatic rings. The van der Waals surface area contributed by atoms with Crippen molar-refractivity contribution in [1.82, 2.24) is 5.16 Å². The third-order valence-corrected chi connectivity index (χ3v) is 2.06. The Labute approximate surface area is 84.2 Å². The van der Waals surface area contributed by atoms with Crippen molar-refractivity contribution in [2.24, 2.45) is 0 Å². The normalized spacial score (nSPS) is 10.5. The number of nitrogens with two attached hydrogens (primary N) is 1. The van der Waals surface area contributed by atoms with E-state index in [0.717, 1.165) is 0 Å². The van der Waals surface area contributed by atoms with Crippen molar-refractivity contribution in [3.8, 4) is 5.75 Å². The third-order valence-electron chi connectivity index (χ3n) is 2.06. The maximum absolute atomic E-state index is 10.9. The average Bonchev–Trinajstić information content (AvgIpc) is 2.60. The van der Waals surface area contributed by atoms with Crippen LogP contribution in [0.25, 0.3) is 11.0 Å². The molecule has 1 heterocycles. The molecule has 0 aliphatic carbocycles. The summed E-state index contributed by atoms with van der Waals surface area (Å²) < 4.78 is 9.89. The first-order valence-electron chi connectivity index (χ1n) is 4.10. The SMILES string of the molecule is COc1ccc(C(=O)O)c2c(N)noc12. The maximum Gasteiger partial charge on any atom is 0.336 e. The number of methoxy groups -OCH3 is 1. The van der Waals surface area contributed by atoms with E-state index in [2.05, 4.69) is 5.16 Å². The molecule has 6 nitrogen and oxygen atoms in total. The van der Waals surface area contributed by atoms with Crippen molar-refractivity contribution in [1.29, 1.82) is 0 Å². The quantitative estimate of drug-likeness (QED) is 0.767. The molecule has 0 saturated heterocycles. The molecule has 78 valence electrons. The Balaban J connectivity index is 2.86. The predicted molar refractivity (Wildman–Crippen MR) is 51.9 cm³/mol. The molecule has 3 N–H and O–H groups in total. The van der Waals surface area contributed by atoms with Gasteiger partial charge in [-0.15, -0.1) is 0 Å². The molecule has 0 fully saturated rings. The summed E-state index contributed by atoms with van der Waals surface area (Å²) in [7, 11) is 1.45. The lowest BCUT2D eigenvalue weighted by molar-refractivity contribution is 0.0699. The lowest BCUT2D eigenvalue weighted by Crippen LogP contribution is -1.99. The summed E-state index contributed by atoms with van der Waals surface area (Å²) in [5.41, 5.74) is 5.81. The van der Waals surface area contributed by atoms with Crippen LogP contribution in [0.1, 0.15) is 10.4 Å². The molecule has 2 rings (SSSR count). The highest BCUT2D eigenvalue weighted by atomic mass is 16.5. The fourth-order valence-corrected chi connectivity index (χ4v) is 1.39. The van der Waals surface area contributed by atoms with Gasteiger partial charge >= 0.3 is 5.97 Å². The van der Waals surface area contributed by atoms with E-state index in [1.54, 1.807) is 0 Å². The molecule has 1 aromatic heterocycles. The van der Waals surface area contributed by atoms with E-state index in [1.807, 2.05) is 0 Å². The fourth-order valence-electron chi connectivity index (χ4n) is 1.39. The number of nitrogen functional groups attached to an aromatic ring is 1. The maximum atomic E-state index is 10.9. The van der Waals surface area contributed by atoms with Gasteiger partial charge in [0.05, 0.1) is 18.1 Å². The first-order valence-corrected chi connectivity index (χ1v) is 4.10. The summed E-state index contributed by atoms with van der Waals surface area (Å²) in [6, 6.07) is 2.90. The highest BCUT2D eigenvalue weighted by Crippen LogP contribution is 2.32. The summed E-state index contributed by atoms with van der Waals surface area (Å²) in [4.78, 5) is 10.9. The van der Waals surface area contributed by atoms with Crippen LogP contribution in [0.5, 0.6) is 5.75 Å². The number of hydrogen-bond acceptors (Lipinski definition) is 5. The summed E-state index contributed by atoms with van der Waals surface area (Å²) in [6.45, 7) is 0. The van der Waals surface area contributed by atoms with E-state index >= 15 is 0 Å². The lowest BCUT2D eigenvalue weighted by atomic mass is 10.1. The molecule has 0 saturated carbocycles. The van der Waals surface area contributed by atoms with Crippen LogP contribution < -0.4 is 10.5 Å². The molecule has 0 spiro atoms. The fraction of sp³-hybridized carbons (Fsp3) is 0.111. The monoisotopic (exact) mass is 208 g/mol. The van der Waals surface area contributed by atoms with Gasteiger partial charge in [0.25, 0.3) is 0 Å². The first-order chi connectivity index (χ1) is 7.15. The standard InChI is InChI=1S/C9H8N2O4/c1-14-5-3-2-4(9(12)13)6-7(5)15-11-8(6)10/h2-3H,1H3,(H2,10,11)(H,12,13). The van der Waals surface area contributed by atoms with Crippen LogP contribution >= 0.6 is 0 Å². The molecule has 1 aromatic carbocycles. The van der Waals surface area contributed by atoms with Gasteiger partial charge in [-0.25, -0.2) is 4.79 Å². The summed E-state index contributed by atoms with van der Waals surface area (Å²) in [6.07, 6.45) is 0. The molecular weight excluding hydrogens is 200 g/mol. The van der Waals surface area contributed by atoms with Crippen molar-refractivity contribution < 1.29 is 19.2 Å². The number of hydrogen-bond donors (Lipinski definition) is 2. The van der Waals surface area contributed by atoms with Crippen molar-refractivity contribution in [2.75, 3.05) is 12.8 Å². The second-order valence-electron chi connectivity index (χ2n) is 2.89. The number of carboxylic acid groups (broad SMARTS) is 1. The zero-order valence-corrected chi connectivity index (χ0v) is 7.85. The Kier molecular flexibility index (Phi) is 1.96. The Morgan fingerprint density at radius 1 is 1.60 bits per heavy atom. The van der Waals surface area contributed by atoms with Crippen LogP contribution in [0.15, 0.2) is 16.7 Å². The van der Waals surface area contributed by atoms with Crippen molar-refractivity contribution >= 4 is 22.8 Å². The van der Waals surface area contributed by atoms with Gasteiger partial charge in [0.2, 0.25) is 5.58 Å². The topological polar surface area (TPSA) is 98.6 Å². The van der Waals surface area contributed by atoms with Gasteiger partial charge in [-0.2, -0.15) is 0 Å². The van der Waals surface area contributed by atoms with Crippen LogP contribution in [0.3, 0.4) is 0 Å². The van der Waals surface area contributed by atoms with Crippen molar-refractivity contribution in [3.05, 3.63) is 17.7 Å². The largest absolute Gasteiger partial charge is 0.493 e. The van der Waals surface area contributed by atoms with Gasteiger partial charge in [-0.05, 0) is 12.1 Å². The smallest absolute Gasteiger partial charge is 0.336 e. The van der Waals surface area contributed by atoms with Crippen molar-refractivity contribution in [3.63, 3.8) is 0 Å². The first kappa shape index (κ1) is 9.32. The number of rotatable bonds is 2. The summed E-state index contributed by atoms with van der Waals surface area (Å²) in [5, 5.41) is 12.7. The van der Waals surface area contributed by atoms with E-state index < -0.39 is 5.97 Å². The molecule has 0 atom stereocenters. The average molecular weight is 208 g/mol. The van der Waals surface area contributed by atoms with Gasteiger partial charge in [-0.3, -0.25) is 0 Å². The highest BCUT2D eigenvalue weighted by molar-refractivity contribution is 6.07. The number of benzene rings is 1. The van der Waals surface area contributed by atoms with E-state index in [9.17, 15) is 4.79 Å². The number of anilines is 1. The number of aromatic nitrogens is 1. The summed E-state index contributed by atoms with van der Waals surface area (Å²) in [5.74, 6) is -0.641. The zero-order chi connectivity index (χ0) is 11.0. The third kappa shape index (κ3) is 1.26. The van der Waals surface area contributed by atoms with Gasteiger partial charge in [0.15, 0.2) is 11.6 Å². The number of aromatic carboxylic acids is 1. The molecule has 0 amide bonds. The van der Waals surface area contributed by atoms with Crippen LogP contribution in [-0.4, -0.2) is 23.3 Å². The lowest BCUT2D eigenvalue weighted by Gasteiger charge is -2.01. The minimum absolute atomic E-state index is 0.0429. The molecule has 0 aliphatic heterocycles. The Morgan fingerprint density at radius 2 is 2.33 bits per heavy atom. The van der Waals surface area contributed by atoms with Crippen LogP contribution in [0, 0.1) is 0 Å². The number of fused-ring (bicyclic) bond motifs is 1. The number of nitrogens with zero attached hydrogens (tertiary/aromatic N) is 1. The Morgan fingerprint density at radius 3 is 2.93 bits per heavy atom. The van der Waals surface area contributed by atoms with Gasteiger partial charge in [-0.1, -0.05) is 5.16 Å². The molecule has 6 heteroatoms. The van der Waals surface area contributed by atoms with Crippen molar-refractivity contribution in [2.45, 2.75) is 0 Å². The van der Waals surface area contributed by atoms with E-state index in [0.29, 0.717) is 5.75 Å². The molecule has 0 unspecified atom stereocenters. The van der Waals surface area contributed by atoms with E-state index in [-0.39, 0.29) is 22.4 Å². The number of carboxylic acids is 1. The zero-order valence-electron chi connectivity index (χ0n) is 7.85. The summed E-state index contributed by atoms with van der Waals surface area (Å²) >= 11 is 0. The number of ether oxygens (including phenoxy) is 1. The molecular formula is C9H8N2O4. The van der Waals surface area contributed by atoms with Crippen LogP contribution in [-0.2, 0) is 0 Å². The Bertz CT molecular complexity index is 532. The van der Waals surface area contributed by atoms with Crippen LogP contribution in [0.2, 0.25) is 0 Å². The van der Waals surface area contributed by atoms with E-state index in [1.165, 1.54) is 19.2 Å². The molecule has 0 bridgehead atoms. The predicted octanol–water partition coefficient (Wildman–Crippen LogP) is 1.12. The molecule has 2 aromatic rings. The molecule has 0 radical (unpaired) electrons.